The first-order valence-electron chi connectivity index (χ1n) is 4.41. The lowest BCUT2D eigenvalue weighted by molar-refractivity contribution is -0.134. The predicted octanol–water partition coefficient (Wildman–Crippen LogP) is 0.108. The fourth-order valence-electron chi connectivity index (χ4n) is 1.09. The van der Waals surface area contributed by atoms with E-state index >= 15 is 0 Å². The molecule has 4 nitrogen and oxygen atoms in total. The van der Waals surface area contributed by atoms with E-state index in [1.807, 2.05) is 13.8 Å². The third-order valence-electron chi connectivity index (χ3n) is 1.71. The van der Waals surface area contributed by atoms with Gasteiger partial charge in [0.2, 0.25) is 5.91 Å². The van der Waals surface area contributed by atoms with Gasteiger partial charge in [0.15, 0.2) is 0 Å². The predicted molar refractivity (Wildman–Crippen MR) is 50.4 cm³/mol. The minimum absolute atomic E-state index is 0.0280. The molecule has 4 heteroatoms. The highest BCUT2D eigenvalue weighted by molar-refractivity contribution is 5.77. The van der Waals surface area contributed by atoms with E-state index in [0.29, 0.717) is 6.54 Å². The second-order valence-corrected chi connectivity index (χ2v) is 3.48. The normalized spacial score (nSPS) is 13.1. The molecule has 1 unspecified atom stereocenters. The summed E-state index contributed by atoms with van der Waals surface area (Å²) in [7, 11) is 3.20. The van der Waals surface area contributed by atoms with Crippen LogP contribution in [0.5, 0.6) is 0 Å². The summed E-state index contributed by atoms with van der Waals surface area (Å²) >= 11 is 0. The van der Waals surface area contributed by atoms with Crippen LogP contribution in [0.15, 0.2) is 0 Å². The summed E-state index contributed by atoms with van der Waals surface area (Å²) in [6, 6.07) is 0. The van der Waals surface area contributed by atoms with Gasteiger partial charge >= 0.3 is 0 Å². The van der Waals surface area contributed by atoms with Crippen molar-refractivity contribution in [3.05, 3.63) is 0 Å². The Bertz CT molecular complexity index is 159. The fourth-order valence-corrected chi connectivity index (χ4v) is 1.09. The second kappa shape index (κ2) is 5.94. The molecule has 0 aromatic heterocycles. The van der Waals surface area contributed by atoms with E-state index in [1.165, 1.54) is 12.0 Å². The first-order valence-corrected chi connectivity index (χ1v) is 4.41. The van der Waals surface area contributed by atoms with Crippen LogP contribution in [-0.4, -0.2) is 49.3 Å². The number of likely N-dealkylation sites (N-methyl/N-ethyl adjacent to an activating group) is 1. The highest BCUT2D eigenvalue weighted by Crippen LogP contribution is 2.00. The molecule has 1 atom stereocenters. The number of methoxy groups -OCH3 is 1. The Balaban J connectivity index is 3.85. The Morgan fingerprint density at radius 3 is 2.46 bits per heavy atom. The molecular formula is C9H19NO3. The smallest absolute Gasteiger partial charge is 0.224 e. The first-order chi connectivity index (χ1) is 5.99. The van der Waals surface area contributed by atoms with Crippen molar-refractivity contribution in [3.63, 3.8) is 0 Å². The van der Waals surface area contributed by atoms with Crippen molar-refractivity contribution in [2.45, 2.75) is 20.0 Å². The number of amides is 1. The van der Waals surface area contributed by atoms with Gasteiger partial charge in [0.05, 0.1) is 12.7 Å². The van der Waals surface area contributed by atoms with Gasteiger partial charge in [-0.1, -0.05) is 13.8 Å². The van der Waals surface area contributed by atoms with E-state index in [-0.39, 0.29) is 18.4 Å². The lowest BCUT2D eigenvalue weighted by Gasteiger charge is -2.22. The average molecular weight is 189 g/mol. The molecule has 1 N–H and O–H groups in total. The van der Waals surface area contributed by atoms with Gasteiger partial charge in [-0.25, -0.2) is 0 Å². The first kappa shape index (κ1) is 12.4. The quantitative estimate of drug-likeness (QED) is 0.667. The summed E-state index contributed by atoms with van der Waals surface area (Å²) in [4.78, 5) is 12.9. The van der Waals surface area contributed by atoms with Crippen LogP contribution in [0.2, 0.25) is 0 Å². The maximum Gasteiger partial charge on any atom is 0.224 e. The van der Waals surface area contributed by atoms with Crippen molar-refractivity contribution in [3.8, 4) is 0 Å². The summed E-state index contributed by atoms with van der Waals surface area (Å²) in [5.41, 5.74) is 0. The molecule has 1 amide bonds. The number of aliphatic hydroxyl groups is 1. The zero-order chi connectivity index (χ0) is 10.4. The summed E-state index contributed by atoms with van der Waals surface area (Å²) in [5, 5.41) is 9.33. The number of ether oxygens (including phenoxy) is 1. The van der Waals surface area contributed by atoms with Crippen molar-refractivity contribution >= 4 is 5.91 Å². The number of hydrogen-bond acceptors (Lipinski definition) is 3. The van der Waals surface area contributed by atoms with E-state index in [1.54, 1.807) is 7.05 Å². The molecule has 0 spiro atoms. The van der Waals surface area contributed by atoms with E-state index < -0.39 is 6.10 Å². The molecule has 13 heavy (non-hydrogen) atoms. The number of carbonyl (C=O) groups excluding carboxylic acids is 1. The standard InChI is InChI=1S/C9H19NO3/c1-7(2)9(12)10(3)5-8(11)6-13-4/h7-8,11H,5-6H2,1-4H3. The van der Waals surface area contributed by atoms with Gasteiger partial charge in [0, 0.05) is 26.6 Å². The second-order valence-electron chi connectivity index (χ2n) is 3.48. The van der Waals surface area contributed by atoms with Crippen molar-refractivity contribution in [2.75, 3.05) is 27.3 Å². The van der Waals surface area contributed by atoms with Gasteiger partial charge in [0.1, 0.15) is 0 Å². The van der Waals surface area contributed by atoms with E-state index in [9.17, 15) is 9.90 Å². The van der Waals surface area contributed by atoms with Crippen LogP contribution >= 0.6 is 0 Å². The van der Waals surface area contributed by atoms with Crippen LogP contribution in [0.1, 0.15) is 13.8 Å². The zero-order valence-corrected chi connectivity index (χ0v) is 8.78. The van der Waals surface area contributed by atoms with Crippen LogP contribution in [0, 0.1) is 5.92 Å². The lowest BCUT2D eigenvalue weighted by Crippen LogP contribution is -2.38. The lowest BCUT2D eigenvalue weighted by atomic mass is 10.2. The number of carbonyl (C=O) groups is 1. The highest BCUT2D eigenvalue weighted by Gasteiger charge is 2.15. The summed E-state index contributed by atoms with van der Waals surface area (Å²) in [6.07, 6.45) is -0.599. The SMILES string of the molecule is COCC(O)CN(C)C(=O)C(C)C. The van der Waals surface area contributed by atoms with E-state index in [2.05, 4.69) is 0 Å². The van der Waals surface area contributed by atoms with Gasteiger partial charge in [-0.15, -0.1) is 0 Å². The molecule has 0 heterocycles. The highest BCUT2D eigenvalue weighted by atomic mass is 16.5. The largest absolute Gasteiger partial charge is 0.389 e. The Morgan fingerprint density at radius 2 is 2.08 bits per heavy atom. The van der Waals surface area contributed by atoms with Crippen LogP contribution in [0.4, 0.5) is 0 Å². The summed E-state index contributed by atoms with van der Waals surface area (Å²) in [6.45, 7) is 4.25. The average Bonchev–Trinajstić information content (AvgIpc) is 2.03. The molecule has 0 saturated heterocycles. The van der Waals surface area contributed by atoms with Crippen LogP contribution in [0.3, 0.4) is 0 Å². The maximum absolute atomic E-state index is 11.4. The molecule has 0 aliphatic heterocycles. The molecule has 78 valence electrons. The Kier molecular flexibility index (Phi) is 5.66. The van der Waals surface area contributed by atoms with Crippen molar-refractivity contribution in [2.24, 2.45) is 5.92 Å². The third-order valence-corrected chi connectivity index (χ3v) is 1.71. The molecule has 0 radical (unpaired) electrons. The van der Waals surface area contributed by atoms with Gasteiger partial charge < -0.3 is 14.7 Å². The molecule has 0 saturated carbocycles. The zero-order valence-electron chi connectivity index (χ0n) is 8.78. The third kappa shape index (κ3) is 4.85. The number of nitrogens with zero attached hydrogens (tertiary/aromatic N) is 1. The molecule has 0 bridgehead atoms. The maximum atomic E-state index is 11.4. The van der Waals surface area contributed by atoms with Crippen molar-refractivity contribution < 1.29 is 14.6 Å². The van der Waals surface area contributed by atoms with Gasteiger partial charge in [0.25, 0.3) is 0 Å². The van der Waals surface area contributed by atoms with Crippen LogP contribution < -0.4 is 0 Å². The topological polar surface area (TPSA) is 49.8 Å². The Hall–Kier alpha value is -0.610. The van der Waals surface area contributed by atoms with Gasteiger partial charge in [-0.2, -0.15) is 0 Å². The van der Waals surface area contributed by atoms with Crippen molar-refractivity contribution in [1.29, 1.82) is 0 Å². The molecule has 0 aliphatic carbocycles. The number of hydrogen-bond donors (Lipinski definition) is 1. The molecule has 0 fully saturated rings. The number of rotatable bonds is 5. The Labute approximate surface area is 79.5 Å². The number of aliphatic hydroxyl groups excluding tert-OH is 1. The molecule has 0 aliphatic rings. The molecule has 0 rings (SSSR count). The minimum Gasteiger partial charge on any atom is -0.389 e. The van der Waals surface area contributed by atoms with E-state index in [4.69, 9.17) is 4.74 Å². The minimum atomic E-state index is -0.599. The van der Waals surface area contributed by atoms with E-state index in [0.717, 1.165) is 0 Å². The van der Waals surface area contributed by atoms with Gasteiger partial charge in [-0.3, -0.25) is 4.79 Å². The summed E-state index contributed by atoms with van der Waals surface area (Å²) < 4.78 is 4.76. The van der Waals surface area contributed by atoms with Crippen molar-refractivity contribution in [1.82, 2.24) is 4.90 Å². The molecule has 0 aromatic rings. The Morgan fingerprint density at radius 1 is 1.54 bits per heavy atom. The van der Waals surface area contributed by atoms with Crippen LogP contribution in [-0.2, 0) is 9.53 Å². The monoisotopic (exact) mass is 189 g/mol. The molecule has 0 aromatic carbocycles. The molecular weight excluding hydrogens is 170 g/mol. The van der Waals surface area contributed by atoms with Crippen LogP contribution in [0.25, 0.3) is 0 Å². The fraction of sp³-hybridized carbons (Fsp3) is 0.889. The summed E-state index contributed by atoms with van der Waals surface area (Å²) in [5.74, 6) is 0.00916. The van der Waals surface area contributed by atoms with Gasteiger partial charge in [-0.05, 0) is 0 Å².